The van der Waals surface area contributed by atoms with Crippen molar-refractivity contribution in [2.24, 2.45) is 0 Å². The largest absolute Gasteiger partial charge is 0.452 e. The second-order valence-corrected chi connectivity index (χ2v) is 4.16. The Balaban J connectivity index is 1.91. The van der Waals surface area contributed by atoms with Crippen molar-refractivity contribution in [3.8, 4) is 0 Å². The Morgan fingerprint density at radius 3 is 3.06 bits per heavy atom. The number of hydrogen-bond donors (Lipinski definition) is 2. The first kappa shape index (κ1) is 11.4. The molecule has 0 spiro atoms. The lowest BCUT2D eigenvalue weighted by Gasteiger charge is -2.20. The number of nitrogens with one attached hydrogen (secondary N) is 1. The van der Waals surface area contributed by atoms with Gasteiger partial charge in [0.1, 0.15) is 5.60 Å². The van der Waals surface area contributed by atoms with E-state index in [2.05, 4.69) is 5.32 Å². The van der Waals surface area contributed by atoms with Gasteiger partial charge in [0.15, 0.2) is 0 Å². The Morgan fingerprint density at radius 1 is 1.69 bits per heavy atom. The molecule has 88 valence electrons. The Labute approximate surface area is 97.3 Å². The highest BCUT2D eigenvalue weighted by Crippen LogP contribution is 2.19. The number of aliphatic hydroxyl groups is 1. The Bertz CT molecular complexity index is 384. The quantitative estimate of drug-likeness (QED) is 0.827. The molecule has 1 aromatic rings. The van der Waals surface area contributed by atoms with Gasteiger partial charge in [-0.15, -0.1) is 0 Å². The summed E-state index contributed by atoms with van der Waals surface area (Å²) in [5.41, 5.74) is -0.699. The van der Waals surface area contributed by atoms with Crippen LogP contribution in [0.2, 0.25) is 5.22 Å². The molecular formula is C10H12ClNO4. The van der Waals surface area contributed by atoms with Crippen LogP contribution in [0.5, 0.6) is 0 Å². The summed E-state index contributed by atoms with van der Waals surface area (Å²) >= 11 is 5.65. The first-order chi connectivity index (χ1) is 7.61. The maximum absolute atomic E-state index is 11.6. The third kappa shape index (κ3) is 2.37. The summed E-state index contributed by atoms with van der Waals surface area (Å²) in [5.74, 6) is -0.362. The first-order valence-corrected chi connectivity index (χ1v) is 5.30. The molecule has 0 bridgehead atoms. The van der Waals surface area contributed by atoms with Crippen LogP contribution in [0.3, 0.4) is 0 Å². The smallest absolute Gasteiger partial charge is 0.256 e. The lowest BCUT2D eigenvalue weighted by atomic mass is 10.0. The first-order valence-electron chi connectivity index (χ1n) is 4.92. The van der Waals surface area contributed by atoms with Crippen molar-refractivity contribution in [3.05, 3.63) is 23.1 Å². The van der Waals surface area contributed by atoms with Crippen molar-refractivity contribution in [2.45, 2.75) is 12.0 Å². The van der Waals surface area contributed by atoms with E-state index in [0.717, 1.165) is 0 Å². The van der Waals surface area contributed by atoms with E-state index >= 15 is 0 Å². The van der Waals surface area contributed by atoms with E-state index in [0.29, 0.717) is 13.0 Å². The van der Waals surface area contributed by atoms with Crippen LogP contribution in [0.25, 0.3) is 0 Å². The highest BCUT2D eigenvalue weighted by molar-refractivity contribution is 6.32. The molecule has 0 radical (unpaired) electrons. The van der Waals surface area contributed by atoms with Crippen LogP contribution in [-0.4, -0.2) is 36.4 Å². The van der Waals surface area contributed by atoms with E-state index in [9.17, 15) is 9.90 Å². The second-order valence-electron chi connectivity index (χ2n) is 3.82. The monoisotopic (exact) mass is 245 g/mol. The molecule has 2 heterocycles. The maximum Gasteiger partial charge on any atom is 0.256 e. The third-order valence-corrected chi connectivity index (χ3v) is 2.82. The molecule has 0 saturated carbocycles. The van der Waals surface area contributed by atoms with Gasteiger partial charge < -0.3 is 19.6 Å². The lowest BCUT2D eigenvalue weighted by molar-refractivity contribution is 0.0264. The van der Waals surface area contributed by atoms with Crippen LogP contribution in [0.1, 0.15) is 16.8 Å². The van der Waals surface area contributed by atoms with Crippen molar-refractivity contribution in [1.82, 2.24) is 5.32 Å². The number of halogens is 1. The molecule has 16 heavy (non-hydrogen) atoms. The normalized spacial score (nSPS) is 24.6. The van der Waals surface area contributed by atoms with Gasteiger partial charge in [-0.3, -0.25) is 4.79 Å². The van der Waals surface area contributed by atoms with Gasteiger partial charge in [-0.05, 0) is 17.7 Å². The topological polar surface area (TPSA) is 71.7 Å². The van der Waals surface area contributed by atoms with Crippen LogP contribution in [-0.2, 0) is 4.74 Å². The van der Waals surface area contributed by atoms with Crippen molar-refractivity contribution in [1.29, 1.82) is 0 Å². The Kier molecular flexibility index (Phi) is 3.18. The van der Waals surface area contributed by atoms with Gasteiger partial charge in [0.25, 0.3) is 5.91 Å². The highest BCUT2D eigenvalue weighted by Gasteiger charge is 2.32. The zero-order chi connectivity index (χ0) is 11.6. The van der Waals surface area contributed by atoms with E-state index in [4.69, 9.17) is 20.8 Å². The van der Waals surface area contributed by atoms with Crippen molar-refractivity contribution in [2.75, 3.05) is 19.8 Å². The van der Waals surface area contributed by atoms with Gasteiger partial charge in [-0.25, -0.2) is 0 Å². The summed E-state index contributed by atoms with van der Waals surface area (Å²) in [5, 5.41) is 12.6. The molecule has 1 unspecified atom stereocenters. The van der Waals surface area contributed by atoms with E-state index in [1.807, 2.05) is 0 Å². The minimum absolute atomic E-state index is 0.0483. The molecule has 2 N–H and O–H groups in total. The number of hydrogen-bond acceptors (Lipinski definition) is 4. The average molecular weight is 246 g/mol. The number of furan rings is 1. The number of rotatable bonds is 3. The average Bonchev–Trinajstić information content (AvgIpc) is 2.85. The fourth-order valence-corrected chi connectivity index (χ4v) is 1.73. The minimum Gasteiger partial charge on any atom is -0.452 e. The van der Waals surface area contributed by atoms with Gasteiger partial charge >= 0.3 is 0 Å². The van der Waals surface area contributed by atoms with Gasteiger partial charge in [0.2, 0.25) is 5.22 Å². The van der Waals surface area contributed by atoms with Crippen LogP contribution in [0, 0.1) is 0 Å². The summed E-state index contributed by atoms with van der Waals surface area (Å²) in [6, 6.07) is 1.48. The number of ether oxygens (including phenoxy) is 1. The van der Waals surface area contributed by atoms with E-state index in [1.165, 1.54) is 12.3 Å². The SMILES string of the molecule is O=C(NCC1(O)CCOC1)c1ccoc1Cl. The molecular weight excluding hydrogens is 234 g/mol. The molecule has 1 aliphatic heterocycles. The van der Waals surface area contributed by atoms with E-state index < -0.39 is 5.60 Å². The fourth-order valence-electron chi connectivity index (χ4n) is 1.53. The van der Waals surface area contributed by atoms with Crippen molar-refractivity contribution < 1.29 is 19.1 Å². The summed E-state index contributed by atoms with van der Waals surface area (Å²) in [4.78, 5) is 11.6. The standard InChI is InChI=1S/C10H12ClNO4/c11-8-7(1-3-16-8)9(13)12-5-10(14)2-4-15-6-10/h1,3,14H,2,4-6H2,(H,12,13). The Hall–Kier alpha value is -1.04. The van der Waals surface area contributed by atoms with E-state index in [1.54, 1.807) is 0 Å². The molecule has 0 aliphatic carbocycles. The molecule has 0 aromatic carbocycles. The molecule has 6 heteroatoms. The van der Waals surface area contributed by atoms with Gasteiger partial charge in [0, 0.05) is 19.6 Å². The second kappa shape index (κ2) is 4.45. The zero-order valence-electron chi connectivity index (χ0n) is 8.53. The van der Waals surface area contributed by atoms with Crippen LogP contribution >= 0.6 is 11.6 Å². The summed E-state index contributed by atoms with van der Waals surface area (Å²) < 4.78 is 9.86. The van der Waals surface area contributed by atoms with Crippen LogP contribution < -0.4 is 5.32 Å². The lowest BCUT2D eigenvalue weighted by Crippen LogP contribution is -2.43. The van der Waals surface area contributed by atoms with E-state index in [-0.39, 0.29) is 29.8 Å². The summed E-state index contributed by atoms with van der Waals surface area (Å²) in [6.07, 6.45) is 1.86. The molecule has 1 aliphatic rings. The highest BCUT2D eigenvalue weighted by atomic mass is 35.5. The van der Waals surface area contributed by atoms with Crippen LogP contribution in [0.15, 0.2) is 16.7 Å². The summed E-state index contributed by atoms with van der Waals surface area (Å²) in [6.45, 7) is 0.901. The van der Waals surface area contributed by atoms with Gasteiger partial charge in [-0.1, -0.05) is 0 Å². The molecule has 2 rings (SSSR count). The predicted octanol–water partition coefficient (Wildman–Crippen LogP) is 0.814. The predicted molar refractivity (Wildman–Crippen MR) is 56.4 cm³/mol. The Morgan fingerprint density at radius 2 is 2.50 bits per heavy atom. The molecule has 5 nitrogen and oxygen atoms in total. The minimum atomic E-state index is -0.966. The van der Waals surface area contributed by atoms with Crippen LogP contribution in [0.4, 0.5) is 0 Å². The third-order valence-electron chi connectivity index (χ3n) is 2.52. The van der Waals surface area contributed by atoms with Gasteiger partial charge in [-0.2, -0.15) is 0 Å². The molecule has 1 aromatic heterocycles. The molecule has 1 atom stereocenters. The molecule has 1 amide bonds. The van der Waals surface area contributed by atoms with Crippen molar-refractivity contribution in [3.63, 3.8) is 0 Å². The van der Waals surface area contributed by atoms with Crippen molar-refractivity contribution >= 4 is 17.5 Å². The fraction of sp³-hybridized carbons (Fsp3) is 0.500. The number of carbonyl (C=O) groups is 1. The molecule has 1 fully saturated rings. The number of carbonyl (C=O) groups excluding carboxylic acids is 1. The molecule has 1 saturated heterocycles. The van der Waals surface area contributed by atoms with Gasteiger partial charge in [0.05, 0.1) is 18.4 Å². The zero-order valence-corrected chi connectivity index (χ0v) is 9.29. The maximum atomic E-state index is 11.6. The summed E-state index contributed by atoms with van der Waals surface area (Å²) in [7, 11) is 0. The number of amides is 1.